The van der Waals surface area contributed by atoms with Gasteiger partial charge in [0.15, 0.2) is 0 Å². The van der Waals surface area contributed by atoms with Crippen LogP contribution in [0.5, 0.6) is 0 Å². The van der Waals surface area contributed by atoms with Crippen molar-refractivity contribution in [2.45, 2.75) is 0 Å². The molecule has 0 bridgehead atoms. The Morgan fingerprint density at radius 3 is 2.16 bits per heavy atom. The summed E-state index contributed by atoms with van der Waals surface area (Å²) in [4.78, 5) is 2.44. The van der Waals surface area contributed by atoms with Gasteiger partial charge in [0.1, 0.15) is 0 Å². The van der Waals surface area contributed by atoms with Crippen LogP contribution in [0.3, 0.4) is 0 Å². The van der Waals surface area contributed by atoms with E-state index >= 15 is 0 Å². The van der Waals surface area contributed by atoms with Crippen molar-refractivity contribution in [3.8, 4) is 0 Å². The number of hydrogen-bond donors (Lipinski definition) is 0. The van der Waals surface area contributed by atoms with Gasteiger partial charge in [-0.05, 0) is 22.7 Å². The van der Waals surface area contributed by atoms with E-state index in [9.17, 15) is 0 Å². The number of fused-ring (bicyclic) bond motifs is 1. The molecule has 1 nitrogen and oxygen atoms in total. The highest BCUT2D eigenvalue weighted by Crippen LogP contribution is 2.35. The number of rotatable bonds is 4. The number of benzene rings is 3. The highest BCUT2D eigenvalue weighted by Gasteiger charge is 2.34. The summed E-state index contributed by atoms with van der Waals surface area (Å²) in [6.45, 7) is 4.98. The van der Waals surface area contributed by atoms with Crippen molar-refractivity contribution >= 4 is 29.5 Å². The van der Waals surface area contributed by atoms with E-state index in [1.807, 2.05) is 6.08 Å². The van der Waals surface area contributed by atoms with Crippen molar-refractivity contribution in [2.24, 2.45) is 0 Å². The zero-order valence-electron chi connectivity index (χ0n) is 14.2. The molecule has 3 aromatic rings. The van der Waals surface area contributed by atoms with Gasteiger partial charge in [-0.15, -0.1) is 6.58 Å². The maximum atomic E-state index is 3.99. The van der Waals surface area contributed by atoms with Gasteiger partial charge >= 0.3 is 6.85 Å². The Balaban J connectivity index is 1.95. The Hall–Kier alpha value is -3.00. The molecule has 3 aromatic carbocycles. The molecule has 120 valence electrons. The lowest BCUT2D eigenvalue weighted by Crippen LogP contribution is -2.51. The minimum Gasteiger partial charge on any atom is -0.403 e. The number of hydrogen-bond acceptors (Lipinski definition) is 1. The third-order valence-corrected chi connectivity index (χ3v) is 4.71. The highest BCUT2D eigenvalue weighted by molar-refractivity contribution is 6.94. The normalized spacial score (nSPS) is 13.2. The molecule has 2 heteroatoms. The molecule has 0 aliphatic carbocycles. The van der Waals surface area contributed by atoms with Crippen LogP contribution in [0.1, 0.15) is 11.1 Å². The Kier molecular flexibility index (Phi) is 4.26. The average molecular weight is 321 g/mol. The summed E-state index contributed by atoms with van der Waals surface area (Å²) in [5, 5.41) is 0. The van der Waals surface area contributed by atoms with E-state index in [1.54, 1.807) is 0 Å². The van der Waals surface area contributed by atoms with Gasteiger partial charge in [-0.1, -0.05) is 96.5 Å². The predicted molar refractivity (Wildman–Crippen MR) is 110 cm³/mol. The van der Waals surface area contributed by atoms with Gasteiger partial charge in [0, 0.05) is 12.2 Å². The molecule has 25 heavy (non-hydrogen) atoms. The molecular formula is C23H20BN. The van der Waals surface area contributed by atoms with Crippen LogP contribution in [-0.4, -0.2) is 13.4 Å². The van der Waals surface area contributed by atoms with Crippen LogP contribution in [0, 0.1) is 0 Å². The zero-order valence-corrected chi connectivity index (χ0v) is 14.2. The summed E-state index contributed by atoms with van der Waals surface area (Å²) < 4.78 is 0. The van der Waals surface area contributed by atoms with Crippen molar-refractivity contribution in [3.63, 3.8) is 0 Å². The third kappa shape index (κ3) is 2.92. The SMILES string of the molecule is C=CCN1B(c2ccccc2)C(c2ccccc2)=Cc2ccccc21. The van der Waals surface area contributed by atoms with E-state index in [-0.39, 0.29) is 6.85 Å². The Morgan fingerprint density at radius 1 is 0.800 bits per heavy atom. The molecule has 0 spiro atoms. The highest BCUT2D eigenvalue weighted by atomic mass is 15.1. The van der Waals surface area contributed by atoms with Crippen LogP contribution >= 0.6 is 0 Å². The molecule has 0 radical (unpaired) electrons. The van der Waals surface area contributed by atoms with E-state index in [1.165, 1.54) is 27.7 Å². The van der Waals surface area contributed by atoms with E-state index in [0.717, 1.165) is 6.54 Å². The fourth-order valence-corrected chi connectivity index (χ4v) is 3.63. The van der Waals surface area contributed by atoms with Crippen molar-refractivity contribution in [1.29, 1.82) is 0 Å². The average Bonchev–Trinajstić information content (AvgIpc) is 2.69. The number of para-hydroxylation sites is 1. The zero-order chi connectivity index (χ0) is 17.1. The first-order valence-corrected chi connectivity index (χ1v) is 8.67. The molecule has 0 saturated carbocycles. The first-order chi connectivity index (χ1) is 12.4. The Labute approximate surface area is 150 Å². The predicted octanol–water partition coefficient (Wildman–Crippen LogP) is 4.67. The molecular weight excluding hydrogens is 301 g/mol. The molecule has 0 saturated heterocycles. The molecule has 1 heterocycles. The molecule has 0 fully saturated rings. The summed E-state index contributed by atoms with van der Waals surface area (Å²) >= 11 is 0. The van der Waals surface area contributed by atoms with Crippen molar-refractivity contribution in [3.05, 3.63) is 109 Å². The summed E-state index contributed by atoms with van der Waals surface area (Å²) in [7, 11) is 0. The second-order valence-corrected chi connectivity index (χ2v) is 6.28. The topological polar surface area (TPSA) is 3.24 Å². The first-order valence-electron chi connectivity index (χ1n) is 8.67. The summed E-state index contributed by atoms with van der Waals surface area (Å²) in [5.74, 6) is 0. The van der Waals surface area contributed by atoms with Gasteiger partial charge in [0.05, 0.1) is 0 Å². The maximum absolute atomic E-state index is 3.99. The largest absolute Gasteiger partial charge is 0.403 e. The second-order valence-electron chi connectivity index (χ2n) is 6.28. The molecule has 0 unspecified atom stereocenters. The van der Waals surface area contributed by atoms with Crippen LogP contribution in [-0.2, 0) is 0 Å². The maximum Gasteiger partial charge on any atom is 0.324 e. The van der Waals surface area contributed by atoms with Gasteiger partial charge in [0.2, 0.25) is 0 Å². The van der Waals surface area contributed by atoms with Gasteiger partial charge in [-0.25, -0.2) is 0 Å². The van der Waals surface area contributed by atoms with Gasteiger partial charge in [0.25, 0.3) is 0 Å². The first kappa shape index (κ1) is 15.5. The molecule has 1 aliphatic heterocycles. The van der Waals surface area contributed by atoms with E-state index in [4.69, 9.17) is 0 Å². The summed E-state index contributed by atoms with van der Waals surface area (Å²) in [6, 6.07) is 30.0. The summed E-state index contributed by atoms with van der Waals surface area (Å²) in [5.41, 5.74) is 6.41. The Bertz CT molecular complexity index is 900. The Morgan fingerprint density at radius 2 is 1.44 bits per heavy atom. The monoisotopic (exact) mass is 321 g/mol. The lowest BCUT2D eigenvalue weighted by molar-refractivity contribution is 1.17. The fourth-order valence-electron chi connectivity index (χ4n) is 3.63. The number of anilines is 1. The quantitative estimate of drug-likeness (QED) is 0.498. The molecule has 1 aliphatic rings. The van der Waals surface area contributed by atoms with Gasteiger partial charge in [-0.3, -0.25) is 0 Å². The van der Waals surface area contributed by atoms with Crippen molar-refractivity contribution in [1.82, 2.24) is 0 Å². The number of nitrogens with zero attached hydrogens (tertiary/aromatic N) is 1. The van der Waals surface area contributed by atoms with Crippen LogP contribution in [0.2, 0.25) is 0 Å². The summed E-state index contributed by atoms with van der Waals surface area (Å²) in [6.07, 6.45) is 4.32. The third-order valence-electron chi connectivity index (χ3n) is 4.71. The standard InChI is InChI=1S/C23H20BN/c1-2-17-25-23-16-10-9-13-20(23)18-22(19-11-5-3-6-12-19)24(25)21-14-7-4-8-15-21/h2-16,18H,1,17H2. The molecule has 0 aromatic heterocycles. The fraction of sp³-hybridized carbons (Fsp3) is 0.0435. The molecule has 0 N–H and O–H groups in total. The van der Waals surface area contributed by atoms with Crippen LogP contribution < -0.4 is 10.3 Å². The minimum absolute atomic E-state index is 0.177. The van der Waals surface area contributed by atoms with Crippen LogP contribution in [0.25, 0.3) is 11.5 Å². The van der Waals surface area contributed by atoms with E-state index in [0.29, 0.717) is 0 Å². The lowest BCUT2D eigenvalue weighted by Gasteiger charge is -2.37. The minimum atomic E-state index is 0.177. The smallest absolute Gasteiger partial charge is 0.324 e. The van der Waals surface area contributed by atoms with Crippen LogP contribution in [0.15, 0.2) is 97.6 Å². The molecule has 0 amide bonds. The van der Waals surface area contributed by atoms with Gasteiger partial charge in [-0.2, -0.15) is 0 Å². The van der Waals surface area contributed by atoms with Crippen molar-refractivity contribution in [2.75, 3.05) is 11.4 Å². The molecule has 4 rings (SSSR count). The lowest BCUT2D eigenvalue weighted by atomic mass is 9.45. The van der Waals surface area contributed by atoms with E-state index < -0.39 is 0 Å². The van der Waals surface area contributed by atoms with Crippen LogP contribution in [0.4, 0.5) is 5.69 Å². The van der Waals surface area contributed by atoms with Gasteiger partial charge < -0.3 is 4.81 Å². The van der Waals surface area contributed by atoms with Crippen molar-refractivity contribution < 1.29 is 0 Å². The van der Waals surface area contributed by atoms with E-state index in [2.05, 4.69) is 102 Å². The molecule has 0 atom stereocenters. The second kappa shape index (κ2) is 6.86.